The quantitative estimate of drug-likeness (QED) is 0.363. The number of nitriles is 1. The molecule has 0 atom stereocenters. The molecule has 4 aromatic rings. The smallest absolute Gasteiger partial charge is 0.229 e. The van der Waals surface area contributed by atoms with Gasteiger partial charge in [0.2, 0.25) is 5.95 Å². The number of likely N-dealkylation sites (N-methyl/N-ethyl adjacent to an activating group) is 1. The number of hydrogen-bond donors (Lipinski definition) is 2. The van der Waals surface area contributed by atoms with Crippen molar-refractivity contribution in [3.63, 3.8) is 0 Å². The summed E-state index contributed by atoms with van der Waals surface area (Å²) in [6.45, 7) is 3.52. The van der Waals surface area contributed by atoms with Crippen molar-refractivity contribution in [2.24, 2.45) is 0 Å². The van der Waals surface area contributed by atoms with Gasteiger partial charge in [-0.05, 0) is 56.9 Å². The molecule has 0 bridgehead atoms. The topological polar surface area (TPSA) is 99.0 Å². The molecule has 0 fully saturated rings. The molecule has 2 aromatic carbocycles. The van der Waals surface area contributed by atoms with Crippen molar-refractivity contribution >= 4 is 44.8 Å². The standard InChI is InChI=1S/C24H25N7OS/c1-4-19-15-26-24(33-19)30-22-20-10-9-18(32-12-11-31(2)3)13-21(20)28-23(29-22)27-17-7-5-16(14-25)6-8-17/h5-10,13,15H,4,11-12H2,1-3H3,(H2,26,27,28,29,30). The lowest BCUT2D eigenvalue weighted by Crippen LogP contribution is -2.19. The Balaban J connectivity index is 1.68. The molecule has 2 N–H and O–H groups in total. The first-order chi connectivity index (χ1) is 16.0. The van der Waals surface area contributed by atoms with Gasteiger partial charge in [0.25, 0.3) is 0 Å². The van der Waals surface area contributed by atoms with Gasteiger partial charge in [-0.15, -0.1) is 11.3 Å². The molecule has 9 heteroatoms. The number of ether oxygens (including phenoxy) is 1. The molecule has 0 aliphatic carbocycles. The number of benzene rings is 2. The van der Waals surface area contributed by atoms with Gasteiger partial charge in [0.15, 0.2) is 5.13 Å². The van der Waals surface area contributed by atoms with Crippen molar-refractivity contribution in [1.29, 1.82) is 5.26 Å². The number of aromatic nitrogens is 3. The Morgan fingerprint density at radius 2 is 1.91 bits per heavy atom. The fraction of sp³-hybridized carbons (Fsp3) is 0.250. The van der Waals surface area contributed by atoms with Crippen LogP contribution in [0.15, 0.2) is 48.7 Å². The molecule has 8 nitrogen and oxygen atoms in total. The number of rotatable bonds is 9. The first kappa shape index (κ1) is 22.5. The summed E-state index contributed by atoms with van der Waals surface area (Å²) < 4.78 is 5.90. The molecule has 0 aliphatic rings. The Kier molecular flexibility index (Phi) is 6.98. The zero-order chi connectivity index (χ0) is 23.2. The molecule has 0 unspecified atom stereocenters. The van der Waals surface area contributed by atoms with Gasteiger partial charge in [-0.25, -0.2) is 9.97 Å². The maximum Gasteiger partial charge on any atom is 0.229 e. The van der Waals surface area contributed by atoms with Crippen LogP contribution in [0.4, 0.5) is 22.6 Å². The third-order valence-electron chi connectivity index (χ3n) is 4.87. The van der Waals surface area contributed by atoms with E-state index in [1.807, 2.05) is 50.6 Å². The third kappa shape index (κ3) is 5.74. The van der Waals surface area contributed by atoms with Crippen LogP contribution in [-0.2, 0) is 6.42 Å². The molecule has 0 spiro atoms. The van der Waals surface area contributed by atoms with Gasteiger partial charge in [0, 0.05) is 34.8 Å². The van der Waals surface area contributed by atoms with E-state index in [-0.39, 0.29) is 0 Å². The maximum absolute atomic E-state index is 9.03. The van der Waals surface area contributed by atoms with E-state index in [4.69, 9.17) is 20.0 Å². The van der Waals surface area contributed by atoms with Crippen molar-refractivity contribution < 1.29 is 4.74 Å². The number of aryl methyl sites for hydroxylation is 1. The van der Waals surface area contributed by atoms with Crippen LogP contribution in [-0.4, -0.2) is 47.1 Å². The molecule has 33 heavy (non-hydrogen) atoms. The Bertz CT molecular complexity index is 1280. The van der Waals surface area contributed by atoms with E-state index in [0.717, 1.165) is 40.4 Å². The van der Waals surface area contributed by atoms with Gasteiger partial charge in [-0.3, -0.25) is 0 Å². The molecule has 0 saturated heterocycles. The van der Waals surface area contributed by atoms with E-state index >= 15 is 0 Å². The van der Waals surface area contributed by atoms with Gasteiger partial charge in [-0.2, -0.15) is 10.2 Å². The zero-order valence-corrected chi connectivity index (χ0v) is 19.6. The van der Waals surface area contributed by atoms with Gasteiger partial charge < -0.3 is 20.3 Å². The van der Waals surface area contributed by atoms with Crippen LogP contribution in [0.5, 0.6) is 5.75 Å². The van der Waals surface area contributed by atoms with Crippen molar-refractivity contribution in [3.05, 3.63) is 59.1 Å². The zero-order valence-electron chi connectivity index (χ0n) is 18.8. The molecule has 2 heterocycles. The van der Waals surface area contributed by atoms with Gasteiger partial charge >= 0.3 is 0 Å². The first-order valence-corrected chi connectivity index (χ1v) is 11.4. The second-order valence-electron chi connectivity index (χ2n) is 7.65. The molecule has 0 saturated carbocycles. The third-order valence-corrected chi connectivity index (χ3v) is 5.93. The minimum absolute atomic E-state index is 0.437. The summed E-state index contributed by atoms with van der Waals surface area (Å²) in [6, 6.07) is 15.1. The summed E-state index contributed by atoms with van der Waals surface area (Å²) in [7, 11) is 4.02. The first-order valence-electron chi connectivity index (χ1n) is 10.6. The van der Waals surface area contributed by atoms with Crippen LogP contribution in [0.3, 0.4) is 0 Å². The normalized spacial score (nSPS) is 10.9. The molecule has 0 aliphatic heterocycles. The van der Waals surface area contributed by atoms with Gasteiger partial charge in [-0.1, -0.05) is 6.92 Å². The Morgan fingerprint density at radius 1 is 1.09 bits per heavy atom. The number of anilines is 4. The molecule has 0 amide bonds. The van der Waals surface area contributed by atoms with Crippen molar-refractivity contribution in [2.75, 3.05) is 37.9 Å². The Morgan fingerprint density at radius 3 is 2.61 bits per heavy atom. The average Bonchev–Trinajstić information content (AvgIpc) is 3.27. The summed E-state index contributed by atoms with van der Waals surface area (Å²) in [6.07, 6.45) is 2.81. The van der Waals surface area contributed by atoms with Crippen molar-refractivity contribution in [1.82, 2.24) is 19.9 Å². The van der Waals surface area contributed by atoms with Gasteiger partial charge in [0.05, 0.1) is 17.1 Å². The molecule has 2 aromatic heterocycles. The number of nitrogens with zero attached hydrogens (tertiary/aromatic N) is 5. The summed E-state index contributed by atoms with van der Waals surface area (Å²) in [4.78, 5) is 17.1. The highest BCUT2D eigenvalue weighted by atomic mass is 32.1. The Hall–Kier alpha value is -3.74. The Labute approximate surface area is 196 Å². The fourth-order valence-corrected chi connectivity index (χ4v) is 3.83. The minimum Gasteiger partial charge on any atom is -0.492 e. The molecule has 4 rings (SSSR count). The number of thiazole rings is 1. The number of hydrogen-bond acceptors (Lipinski definition) is 9. The number of fused-ring (bicyclic) bond motifs is 1. The maximum atomic E-state index is 9.03. The van der Waals surface area contributed by atoms with E-state index < -0.39 is 0 Å². The predicted molar refractivity (Wildman–Crippen MR) is 133 cm³/mol. The number of nitrogens with one attached hydrogen (secondary N) is 2. The van der Waals surface area contributed by atoms with E-state index in [9.17, 15) is 0 Å². The summed E-state index contributed by atoms with van der Waals surface area (Å²) in [5.74, 6) is 1.85. The van der Waals surface area contributed by atoms with Crippen LogP contribution < -0.4 is 15.4 Å². The van der Waals surface area contributed by atoms with E-state index in [2.05, 4.69) is 33.5 Å². The van der Waals surface area contributed by atoms with Crippen LogP contribution in [0.2, 0.25) is 0 Å². The average molecular weight is 460 g/mol. The molecule has 0 radical (unpaired) electrons. The summed E-state index contributed by atoms with van der Waals surface area (Å²) in [5.41, 5.74) is 2.14. The van der Waals surface area contributed by atoms with E-state index in [1.165, 1.54) is 4.88 Å². The SMILES string of the molecule is CCc1cnc(Nc2nc(Nc3ccc(C#N)cc3)nc3cc(OCCN(C)C)ccc23)s1. The lowest BCUT2D eigenvalue weighted by atomic mass is 10.2. The molecular formula is C24H25N7OS. The lowest BCUT2D eigenvalue weighted by molar-refractivity contribution is 0.261. The minimum atomic E-state index is 0.437. The fourth-order valence-electron chi connectivity index (χ4n) is 3.08. The van der Waals surface area contributed by atoms with Crippen LogP contribution >= 0.6 is 11.3 Å². The second kappa shape index (κ2) is 10.3. The van der Waals surface area contributed by atoms with E-state index in [1.54, 1.807) is 23.5 Å². The lowest BCUT2D eigenvalue weighted by Gasteiger charge is -2.13. The highest BCUT2D eigenvalue weighted by Gasteiger charge is 2.12. The highest BCUT2D eigenvalue weighted by Crippen LogP contribution is 2.30. The van der Waals surface area contributed by atoms with Crippen LogP contribution in [0, 0.1) is 11.3 Å². The second-order valence-corrected chi connectivity index (χ2v) is 8.77. The van der Waals surface area contributed by atoms with Crippen LogP contribution in [0.1, 0.15) is 17.4 Å². The highest BCUT2D eigenvalue weighted by molar-refractivity contribution is 7.15. The van der Waals surface area contributed by atoms with E-state index in [0.29, 0.717) is 23.9 Å². The van der Waals surface area contributed by atoms with Gasteiger partial charge in [0.1, 0.15) is 18.2 Å². The largest absolute Gasteiger partial charge is 0.492 e. The van der Waals surface area contributed by atoms with Crippen molar-refractivity contribution in [2.45, 2.75) is 13.3 Å². The predicted octanol–water partition coefficient (Wildman–Crippen LogP) is 4.95. The monoisotopic (exact) mass is 459 g/mol. The molecule has 168 valence electrons. The van der Waals surface area contributed by atoms with Crippen LogP contribution in [0.25, 0.3) is 10.9 Å². The van der Waals surface area contributed by atoms with Crippen molar-refractivity contribution in [3.8, 4) is 11.8 Å². The molecular weight excluding hydrogens is 434 g/mol. The summed E-state index contributed by atoms with van der Waals surface area (Å²) in [5, 5.41) is 17.3. The summed E-state index contributed by atoms with van der Waals surface area (Å²) >= 11 is 1.60.